The van der Waals surface area contributed by atoms with Crippen molar-refractivity contribution in [3.05, 3.63) is 0 Å². The fraction of sp³-hybridized carbons (Fsp3) is 0.818. The standard InChI is InChI=1S/C11H17NO2/c1-14-10(13)11(7-5-8-11)6-3-2-4-9-12/h2-8H2,1H3. The number of carbonyl (C=O) groups excluding carboxylic acids is 1. The van der Waals surface area contributed by atoms with Crippen LogP contribution in [0.4, 0.5) is 0 Å². The van der Waals surface area contributed by atoms with Crippen molar-refractivity contribution < 1.29 is 9.53 Å². The van der Waals surface area contributed by atoms with Crippen LogP contribution >= 0.6 is 0 Å². The topological polar surface area (TPSA) is 50.1 Å². The number of carbonyl (C=O) groups is 1. The van der Waals surface area contributed by atoms with Gasteiger partial charge in [-0.25, -0.2) is 0 Å². The molecule has 0 bridgehead atoms. The summed E-state index contributed by atoms with van der Waals surface area (Å²) in [6.07, 6.45) is 6.41. The van der Waals surface area contributed by atoms with Crippen molar-refractivity contribution >= 4 is 5.97 Å². The van der Waals surface area contributed by atoms with E-state index in [0.29, 0.717) is 6.42 Å². The summed E-state index contributed by atoms with van der Waals surface area (Å²) in [5.74, 6) is -0.0549. The van der Waals surface area contributed by atoms with Crippen LogP contribution in [0.3, 0.4) is 0 Å². The summed E-state index contributed by atoms with van der Waals surface area (Å²) >= 11 is 0. The molecule has 0 aromatic rings. The fourth-order valence-electron chi connectivity index (χ4n) is 2.04. The highest BCUT2D eigenvalue weighted by Crippen LogP contribution is 2.46. The second kappa shape index (κ2) is 4.99. The molecule has 0 radical (unpaired) electrons. The molecule has 0 amide bonds. The molecule has 78 valence electrons. The van der Waals surface area contributed by atoms with Crippen molar-refractivity contribution in [3.63, 3.8) is 0 Å². The maximum Gasteiger partial charge on any atom is 0.311 e. The van der Waals surface area contributed by atoms with Gasteiger partial charge in [-0.3, -0.25) is 4.79 Å². The summed E-state index contributed by atoms with van der Waals surface area (Å²) in [7, 11) is 1.46. The molecule has 0 aromatic heterocycles. The number of esters is 1. The summed E-state index contributed by atoms with van der Waals surface area (Å²) in [6.45, 7) is 0. The van der Waals surface area contributed by atoms with Crippen LogP contribution in [-0.4, -0.2) is 13.1 Å². The predicted molar refractivity (Wildman–Crippen MR) is 52.4 cm³/mol. The normalized spacial score (nSPS) is 18.0. The van der Waals surface area contributed by atoms with E-state index in [0.717, 1.165) is 38.5 Å². The van der Waals surface area contributed by atoms with E-state index in [1.54, 1.807) is 0 Å². The summed E-state index contributed by atoms with van der Waals surface area (Å²) in [6, 6.07) is 2.12. The molecule has 1 rings (SSSR count). The van der Waals surface area contributed by atoms with E-state index in [9.17, 15) is 4.79 Å². The van der Waals surface area contributed by atoms with E-state index >= 15 is 0 Å². The molecule has 1 aliphatic rings. The first-order chi connectivity index (χ1) is 6.75. The van der Waals surface area contributed by atoms with Gasteiger partial charge >= 0.3 is 5.97 Å². The lowest BCUT2D eigenvalue weighted by Crippen LogP contribution is -2.38. The lowest BCUT2D eigenvalue weighted by Gasteiger charge is -2.38. The minimum Gasteiger partial charge on any atom is -0.469 e. The average molecular weight is 195 g/mol. The van der Waals surface area contributed by atoms with Crippen molar-refractivity contribution in [1.29, 1.82) is 5.26 Å². The molecule has 1 fully saturated rings. The Labute approximate surface area is 85.1 Å². The van der Waals surface area contributed by atoms with Crippen LogP contribution < -0.4 is 0 Å². The zero-order chi connectivity index (χ0) is 10.4. The predicted octanol–water partition coefficient (Wildman–Crippen LogP) is 2.41. The van der Waals surface area contributed by atoms with Gasteiger partial charge in [-0.2, -0.15) is 5.26 Å². The number of hydrogen-bond acceptors (Lipinski definition) is 3. The molecule has 3 heteroatoms. The van der Waals surface area contributed by atoms with E-state index < -0.39 is 0 Å². The first-order valence-electron chi connectivity index (χ1n) is 5.20. The number of ether oxygens (including phenoxy) is 1. The molecular weight excluding hydrogens is 178 g/mol. The molecule has 0 heterocycles. The Morgan fingerprint density at radius 3 is 2.64 bits per heavy atom. The summed E-state index contributed by atoms with van der Waals surface area (Å²) in [5.41, 5.74) is -0.190. The van der Waals surface area contributed by atoms with Gasteiger partial charge < -0.3 is 4.74 Å². The van der Waals surface area contributed by atoms with Crippen LogP contribution in [0.1, 0.15) is 44.9 Å². The third-order valence-electron chi connectivity index (χ3n) is 3.12. The number of unbranched alkanes of at least 4 members (excludes halogenated alkanes) is 2. The summed E-state index contributed by atoms with van der Waals surface area (Å²) in [4.78, 5) is 11.5. The number of hydrogen-bond donors (Lipinski definition) is 0. The van der Waals surface area contributed by atoms with Crippen molar-refractivity contribution in [2.75, 3.05) is 7.11 Å². The van der Waals surface area contributed by atoms with Gasteiger partial charge in [0, 0.05) is 6.42 Å². The molecule has 0 unspecified atom stereocenters. The minimum atomic E-state index is -0.190. The molecule has 0 N–H and O–H groups in total. The Bertz CT molecular complexity index is 238. The smallest absolute Gasteiger partial charge is 0.311 e. The van der Waals surface area contributed by atoms with E-state index in [1.165, 1.54) is 7.11 Å². The second-order valence-electron chi connectivity index (χ2n) is 3.99. The van der Waals surface area contributed by atoms with Crippen LogP contribution in [0, 0.1) is 16.7 Å². The van der Waals surface area contributed by atoms with Crippen LogP contribution in [0.25, 0.3) is 0 Å². The monoisotopic (exact) mass is 195 g/mol. The molecule has 0 saturated heterocycles. The van der Waals surface area contributed by atoms with Crippen molar-refractivity contribution in [1.82, 2.24) is 0 Å². The molecule has 1 saturated carbocycles. The highest BCUT2D eigenvalue weighted by atomic mass is 16.5. The van der Waals surface area contributed by atoms with E-state index in [2.05, 4.69) is 6.07 Å². The lowest BCUT2D eigenvalue weighted by atomic mass is 9.66. The van der Waals surface area contributed by atoms with Gasteiger partial charge in [0.15, 0.2) is 0 Å². The van der Waals surface area contributed by atoms with E-state index in [1.807, 2.05) is 0 Å². The third kappa shape index (κ3) is 2.25. The van der Waals surface area contributed by atoms with Crippen molar-refractivity contribution in [2.24, 2.45) is 5.41 Å². The highest BCUT2D eigenvalue weighted by molar-refractivity contribution is 5.77. The quantitative estimate of drug-likeness (QED) is 0.500. The Hall–Kier alpha value is -1.04. The third-order valence-corrected chi connectivity index (χ3v) is 3.12. The van der Waals surface area contributed by atoms with E-state index in [4.69, 9.17) is 10.00 Å². The number of rotatable bonds is 5. The zero-order valence-electron chi connectivity index (χ0n) is 8.71. The number of nitriles is 1. The Morgan fingerprint density at radius 2 is 2.21 bits per heavy atom. The summed E-state index contributed by atoms with van der Waals surface area (Å²) in [5, 5.41) is 8.38. The molecule has 14 heavy (non-hydrogen) atoms. The molecule has 0 atom stereocenters. The van der Waals surface area contributed by atoms with Gasteiger partial charge in [0.25, 0.3) is 0 Å². The zero-order valence-corrected chi connectivity index (χ0v) is 8.71. The average Bonchev–Trinajstić information content (AvgIpc) is 2.14. The molecule has 0 aliphatic heterocycles. The van der Waals surface area contributed by atoms with Crippen LogP contribution in [-0.2, 0) is 9.53 Å². The lowest BCUT2D eigenvalue weighted by molar-refractivity contribution is -0.159. The Kier molecular flexibility index (Phi) is 3.94. The number of nitrogens with zero attached hydrogens (tertiary/aromatic N) is 1. The van der Waals surface area contributed by atoms with Crippen LogP contribution in [0.5, 0.6) is 0 Å². The van der Waals surface area contributed by atoms with Gasteiger partial charge in [-0.05, 0) is 25.7 Å². The van der Waals surface area contributed by atoms with Gasteiger partial charge in [0.05, 0.1) is 18.6 Å². The molecule has 0 aromatic carbocycles. The molecular formula is C11H17NO2. The first-order valence-corrected chi connectivity index (χ1v) is 5.20. The van der Waals surface area contributed by atoms with Gasteiger partial charge in [-0.15, -0.1) is 0 Å². The first kappa shape index (κ1) is 11.0. The van der Waals surface area contributed by atoms with Crippen molar-refractivity contribution in [3.8, 4) is 6.07 Å². The minimum absolute atomic E-state index is 0.0549. The Balaban J connectivity index is 2.31. The fourth-order valence-corrected chi connectivity index (χ4v) is 2.04. The summed E-state index contributed by atoms with van der Waals surface area (Å²) < 4.78 is 4.81. The van der Waals surface area contributed by atoms with Crippen molar-refractivity contribution in [2.45, 2.75) is 44.9 Å². The van der Waals surface area contributed by atoms with E-state index in [-0.39, 0.29) is 11.4 Å². The van der Waals surface area contributed by atoms with Crippen LogP contribution in [0.15, 0.2) is 0 Å². The maximum atomic E-state index is 11.5. The van der Waals surface area contributed by atoms with Gasteiger partial charge in [0.1, 0.15) is 0 Å². The molecule has 3 nitrogen and oxygen atoms in total. The largest absolute Gasteiger partial charge is 0.469 e. The molecule has 1 aliphatic carbocycles. The Morgan fingerprint density at radius 1 is 1.50 bits per heavy atom. The SMILES string of the molecule is COC(=O)C1(CCCCC#N)CCC1. The van der Waals surface area contributed by atoms with Gasteiger partial charge in [0.2, 0.25) is 0 Å². The molecule has 0 spiro atoms. The second-order valence-corrected chi connectivity index (χ2v) is 3.99. The highest BCUT2D eigenvalue weighted by Gasteiger charge is 2.44. The van der Waals surface area contributed by atoms with Gasteiger partial charge in [-0.1, -0.05) is 12.8 Å². The number of methoxy groups -OCH3 is 1. The van der Waals surface area contributed by atoms with Crippen LogP contribution in [0.2, 0.25) is 0 Å². The maximum absolute atomic E-state index is 11.5.